The van der Waals surface area contributed by atoms with Gasteiger partial charge in [-0.2, -0.15) is 0 Å². The molecule has 2 amide bonds. The SMILES string of the molecule is CCC(C(=O)Nc1c(C(=O)Nc2ccc3c(c2)OCCO3)oc2ccccc12)c1ccccc1. The predicted molar refractivity (Wildman–Crippen MR) is 130 cm³/mol. The molecule has 0 radical (unpaired) electrons. The van der Waals surface area contributed by atoms with Gasteiger partial charge in [-0.15, -0.1) is 0 Å². The molecule has 1 aliphatic heterocycles. The zero-order chi connectivity index (χ0) is 23.5. The van der Waals surface area contributed by atoms with E-state index in [1.165, 1.54) is 0 Å². The molecule has 7 heteroatoms. The lowest BCUT2D eigenvalue weighted by atomic mass is 9.95. The van der Waals surface area contributed by atoms with Crippen LogP contribution in [0.2, 0.25) is 0 Å². The van der Waals surface area contributed by atoms with E-state index >= 15 is 0 Å². The number of benzene rings is 3. The van der Waals surface area contributed by atoms with Crippen molar-refractivity contribution in [2.45, 2.75) is 19.3 Å². The fraction of sp³-hybridized carbons (Fsp3) is 0.185. The first-order valence-corrected chi connectivity index (χ1v) is 11.2. The molecule has 7 nitrogen and oxygen atoms in total. The molecule has 2 N–H and O–H groups in total. The zero-order valence-electron chi connectivity index (χ0n) is 18.7. The Hall–Kier alpha value is -4.26. The average Bonchev–Trinajstić information content (AvgIpc) is 3.23. The van der Waals surface area contributed by atoms with E-state index in [1.807, 2.05) is 55.5 Å². The molecule has 5 rings (SSSR count). The minimum Gasteiger partial charge on any atom is -0.486 e. The summed E-state index contributed by atoms with van der Waals surface area (Å²) in [6.45, 7) is 2.90. The third-order valence-corrected chi connectivity index (χ3v) is 5.78. The molecule has 0 fully saturated rings. The van der Waals surface area contributed by atoms with Gasteiger partial charge in [-0.3, -0.25) is 9.59 Å². The monoisotopic (exact) mass is 456 g/mol. The average molecular weight is 456 g/mol. The highest BCUT2D eigenvalue weighted by atomic mass is 16.6. The van der Waals surface area contributed by atoms with E-state index in [9.17, 15) is 9.59 Å². The molecule has 0 bridgehead atoms. The second kappa shape index (κ2) is 9.31. The van der Waals surface area contributed by atoms with Gasteiger partial charge in [-0.05, 0) is 36.2 Å². The minimum absolute atomic E-state index is 0.0346. The van der Waals surface area contributed by atoms with Gasteiger partial charge in [0.05, 0.1) is 5.92 Å². The molecule has 0 saturated carbocycles. The number of furan rings is 1. The molecule has 2 heterocycles. The molecule has 4 aromatic rings. The fourth-order valence-corrected chi connectivity index (χ4v) is 4.11. The third kappa shape index (κ3) is 4.20. The van der Waals surface area contributed by atoms with E-state index in [2.05, 4.69) is 10.6 Å². The fourth-order valence-electron chi connectivity index (χ4n) is 4.11. The van der Waals surface area contributed by atoms with Crippen LogP contribution in [0, 0.1) is 0 Å². The van der Waals surface area contributed by atoms with Crippen LogP contribution in [0.1, 0.15) is 35.4 Å². The van der Waals surface area contributed by atoms with Crippen molar-refractivity contribution in [3.63, 3.8) is 0 Å². The van der Waals surface area contributed by atoms with Gasteiger partial charge in [0.2, 0.25) is 11.7 Å². The number of para-hydroxylation sites is 1. The van der Waals surface area contributed by atoms with Gasteiger partial charge in [0.25, 0.3) is 5.91 Å². The van der Waals surface area contributed by atoms with Crippen molar-refractivity contribution in [1.29, 1.82) is 0 Å². The maximum atomic E-state index is 13.3. The first-order chi connectivity index (χ1) is 16.6. The van der Waals surface area contributed by atoms with Crippen LogP contribution >= 0.6 is 0 Å². The van der Waals surface area contributed by atoms with Crippen LogP contribution < -0.4 is 20.1 Å². The van der Waals surface area contributed by atoms with E-state index in [0.717, 1.165) is 5.56 Å². The molecular weight excluding hydrogens is 432 g/mol. The zero-order valence-corrected chi connectivity index (χ0v) is 18.7. The third-order valence-electron chi connectivity index (χ3n) is 5.78. The van der Waals surface area contributed by atoms with Crippen LogP contribution in [0.25, 0.3) is 11.0 Å². The summed E-state index contributed by atoms with van der Waals surface area (Å²) in [7, 11) is 0. The normalized spacial score (nSPS) is 13.3. The van der Waals surface area contributed by atoms with Crippen LogP contribution in [0.4, 0.5) is 11.4 Å². The highest BCUT2D eigenvalue weighted by Gasteiger charge is 2.26. The van der Waals surface area contributed by atoms with Crippen molar-refractivity contribution in [3.8, 4) is 11.5 Å². The lowest BCUT2D eigenvalue weighted by Gasteiger charge is -2.19. The van der Waals surface area contributed by atoms with Crippen LogP contribution in [0.3, 0.4) is 0 Å². The molecule has 172 valence electrons. The molecule has 1 aromatic heterocycles. The Balaban J connectivity index is 1.45. The smallest absolute Gasteiger partial charge is 0.293 e. The van der Waals surface area contributed by atoms with Crippen molar-refractivity contribution < 1.29 is 23.5 Å². The number of amides is 2. The van der Waals surface area contributed by atoms with E-state index in [1.54, 1.807) is 24.3 Å². The lowest BCUT2D eigenvalue weighted by molar-refractivity contribution is -0.117. The quantitative estimate of drug-likeness (QED) is 0.395. The Morgan fingerprint density at radius 2 is 1.62 bits per heavy atom. The van der Waals surface area contributed by atoms with Gasteiger partial charge in [-0.1, -0.05) is 49.4 Å². The highest BCUT2D eigenvalue weighted by Crippen LogP contribution is 2.35. The number of ether oxygens (including phenoxy) is 2. The molecule has 1 unspecified atom stereocenters. The topological polar surface area (TPSA) is 89.8 Å². The molecular formula is C27H24N2O5. The number of carbonyl (C=O) groups is 2. The van der Waals surface area contributed by atoms with Crippen molar-refractivity contribution in [2.75, 3.05) is 23.8 Å². The summed E-state index contributed by atoms with van der Waals surface area (Å²) in [5.74, 6) is 0.198. The molecule has 0 spiro atoms. The van der Waals surface area contributed by atoms with Crippen LogP contribution in [0.15, 0.2) is 77.2 Å². The van der Waals surface area contributed by atoms with Gasteiger partial charge in [0.1, 0.15) is 24.5 Å². The number of fused-ring (bicyclic) bond motifs is 2. The Morgan fingerprint density at radius 3 is 2.41 bits per heavy atom. The van der Waals surface area contributed by atoms with Gasteiger partial charge >= 0.3 is 0 Å². The van der Waals surface area contributed by atoms with Crippen molar-refractivity contribution in [2.24, 2.45) is 0 Å². The van der Waals surface area contributed by atoms with Crippen LogP contribution in [-0.2, 0) is 4.79 Å². The van der Waals surface area contributed by atoms with Crippen molar-refractivity contribution in [3.05, 3.63) is 84.1 Å². The Morgan fingerprint density at radius 1 is 0.882 bits per heavy atom. The number of carbonyl (C=O) groups excluding carboxylic acids is 2. The van der Waals surface area contributed by atoms with Gasteiger partial charge in [0.15, 0.2) is 11.5 Å². The van der Waals surface area contributed by atoms with Gasteiger partial charge in [0, 0.05) is 17.1 Å². The largest absolute Gasteiger partial charge is 0.486 e. The second-order valence-corrected chi connectivity index (χ2v) is 7.98. The molecule has 3 aromatic carbocycles. The Labute approximate surface area is 196 Å². The molecule has 1 aliphatic rings. The molecule has 1 atom stereocenters. The van der Waals surface area contributed by atoms with E-state index in [-0.39, 0.29) is 17.6 Å². The summed E-state index contributed by atoms with van der Waals surface area (Å²) in [5.41, 5.74) is 2.31. The maximum Gasteiger partial charge on any atom is 0.293 e. The Bertz CT molecular complexity index is 1350. The molecule has 34 heavy (non-hydrogen) atoms. The number of hydrogen-bond acceptors (Lipinski definition) is 5. The van der Waals surface area contributed by atoms with Crippen molar-refractivity contribution >= 4 is 34.2 Å². The number of rotatable bonds is 6. The minimum atomic E-state index is -0.476. The maximum absolute atomic E-state index is 13.3. The standard InChI is InChI=1S/C27H24N2O5/c1-2-19(17-8-4-3-5-9-17)26(30)29-24-20-10-6-7-11-21(20)34-25(24)27(31)28-18-12-13-22-23(16-18)33-15-14-32-22/h3-13,16,19H,2,14-15H2,1H3,(H,28,31)(H,29,30). The van der Waals surface area contributed by atoms with Crippen LogP contribution in [-0.4, -0.2) is 25.0 Å². The van der Waals surface area contributed by atoms with Crippen molar-refractivity contribution in [1.82, 2.24) is 0 Å². The predicted octanol–water partition coefficient (Wildman–Crippen LogP) is 5.59. The van der Waals surface area contributed by atoms with Gasteiger partial charge < -0.3 is 24.5 Å². The first kappa shape index (κ1) is 21.6. The Kier molecular flexibility index (Phi) is 5.91. The summed E-state index contributed by atoms with van der Waals surface area (Å²) >= 11 is 0. The lowest BCUT2D eigenvalue weighted by Crippen LogP contribution is -2.22. The summed E-state index contributed by atoms with van der Waals surface area (Å²) in [6, 6.07) is 22.0. The summed E-state index contributed by atoms with van der Waals surface area (Å²) in [5, 5.41) is 6.46. The second-order valence-electron chi connectivity index (χ2n) is 7.98. The summed E-state index contributed by atoms with van der Waals surface area (Å²) in [4.78, 5) is 26.5. The number of hydrogen-bond donors (Lipinski definition) is 2. The summed E-state index contributed by atoms with van der Waals surface area (Å²) in [6.07, 6.45) is 0.615. The first-order valence-electron chi connectivity index (χ1n) is 11.2. The summed E-state index contributed by atoms with van der Waals surface area (Å²) < 4.78 is 17.0. The van der Waals surface area contributed by atoms with E-state index < -0.39 is 5.91 Å². The number of nitrogens with one attached hydrogen (secondary N) is 2. The van der Waals surface area contributed by atoms with E-state index in [0.29, 0.717) is 53.5 Å². The highest BCUT2D eigenvalue weighted by molar-refractivity contribution is 6.15. The number of anilines is 2. The van der Waals surface area contributed by atoms with E-state index in [4.69, 9.17) is 13.9 Å². The molecule has 0 saturated heterocycles. The molecule has 0 aliphatic carbocycles. The van der Waals surface area contributed by atoms with Crippen LogP contribution in [0.5, 0.6) is 11.5 Å². The van der Waals surface area contributed by atoms with Gasteiger partial charge in [-0.25, -0.2) is 0 Å².